The molecule has 110 valence electrons. The van der Waals surface area contributed by atoms with Gasteiger partial charge in [0.1, 0.15) is 0 Å². The average molecular weight is 269 g/mol. The molecule has 0 radical (unpaired) electrons. The van der Waals surface area contributed by atoms with Crippen LogP contribution in [-0.2, 0) is 4.79 Å². The zero-order valence-corrected chi connectivity index (χ0v) is 12.1. The van der Waals surface area contributed by atoms with Gasteiger partial charge in [0.25, 0.3) is 0 Å². The van der Waals surface area contributed by atoms with E-state index in [-0.39, 0.29) is 12.0 Å². The van der Waals surface area contributed by atoms with Crippen molar-refractivity contribution in [3.8, 4) is 0 Å². The maximum Gasteiger partial charge on any atom is 0.315 e. The Bertz CT molecular complexity index is 318. The first kappa shape index (κ1) is 15.8. The van der Waals surface area contributed by atoms with E-state index in [0.29, 0.717) is 12.3 Å². The zero-order chi connectivity index (χ0) is 14.4. The third-order valence-corrected chi connectivity index (χ3v) is 3.72. The van der Waals surface area contributed by atoms with Crippen LogP contribution in [0.15, 0.2) is 0 Å². The minimum absolute atomic E-state index is 0.148. The second-order valence-corrected chi connectivity index (χ2v) is 5.99. The van der Waals surface area contributed by atoms with Crippen molar-refractivity contribution in [3.63, 3.8) is 0 Å². The van der Waals surface area contributed by atoms with Crippen molar-refractivity contribution in [1.29, 1.82) is 0 Å². The second-order valence-electron chi connectivity index (χ2n) is 5.99. The Balaban J connectivity index is 2.45. The van der Waals surface area contributed by atoms with Gasteiger partial charge in [-0.2, -0.15) is 0 Å². The molecule has 1 saturated carbocycles. The third-order valence-electron chi connectivity index (χ3n) is 3.72. The molecule has 19 heavy (non-hydrogen) atoms. The zero-order valence-electron chi connectivity index (χ0n) is 12.1. The summed E-state index contributed by atoms with van der Waals surface area (Å²) < 4.78 is 0. The van der Waals surface area contributed by atoms with Gasteiger partial charge in [-0.25, -0.2) is 4.79 Å². The highest BCUT2D eigenvalue weighted by molar-refractivity contribution is 5.81. The van der Waals surface area contributed by atoms with E-state index in [0.717, 1.165) is 19.3 Å². The van der Waals surface area contributed by atoms with Crippen molar-refractivity contribution in [1.82, 2.24) is 10.6 Å². The fourth-order valence-corrected chi connectivity index (χ4v) is 2.58. The SMILES string of the molecule is CC(C)C[C@H](NC(=O)N[C@@H]1CCCC[C@H]1C)C(=O)[O-]. The molecule has 0 aromatic heterocycles. The first-order valence-electron chi connectivity index (χ1n) is 7.18. The van der Waals surface area contributed by atoms with E-state index < -0.39 is 18.0 Å². The Morgan fingerprint density at radius 1 is 1.26 bits per heavy atom. The fraction of sp³-hybridized carbons (Fsp3) is 0.857. The van der Waals surface area contributed by atoms with Gasteiger partial charge >= 0.3 is 6.03 Å². The number of carbonyl (C=O) groups is 2. The van der Waals surface area contributed by atoms with Crippen LogP contribution < -0.4 is 15.7 Å². The first-order chi connectivity index (χ1) is 8.90. The van der Waals surface area contributed by atoms with Gasteiger partial charge in [0, 0.05) is 6.04 Å². The molecule has 2 amide bonds. The molecule has 1 aliphatic rings. The van der Waals surface area contributed by atoms with Crippen LogP contribution in [0.1, 0.15) is 52.9 Å². The van der Waals surface area contributed by atoms with Gasteiger partial charge in [0.05, 0.1) is 12.0 Å². The fourth-order valence-electron chi connectivity index (χ4n) is 2.58. The lowest BCUT2D eigenvalue weighted by Crippen LogP contribution is -2.54. The first-order valence-corrected chi connectivity index (χ1v) is 7.18. The Morgan fingerprint density at radius 3 is 2.42 bits per heavy atom. The highest BCUT2D eigenvalue weighted by Gasteiger charge is 2.24. The molecule has 5 heteroatoms. The van der Waals surface area contributed by atoms with Gasteiger partial charge < -0.3 is 20.5 Å². The number of carbonyl (C=O) groups excluding carboxylic acids is 2. The monoisotopic (exact) mass is 269 g/mol. The van der Waals surface area contributed by atoms with E-state index in [1.54, 1.807) is 0 Å². The Hall–Kier alpha value is -1.26. The summed E-state index contributed by atoms with van der Waals surface area (Å²) in [5, 5.41) is 16.4. The molecule has 1 rings (SSSR count). The molecular weight excluding hydrogens is 244 g/mol. The predicted octanol–water partition coefficient (Wildman–Crippen LogP) is 1.03. The van der Waals surface area contributed by atoms with Gasteiger partial charge in [-0.3, -0.25) is 0 Å². The molecule has 0 aliphatic heterocycles. The van der Waals surface area contributed by atoms with Crippen LogP contribution in [0.5, 0.6) is 0 Å². The number of hydrogen-bond donors (Lipinski definition) is 2. The maximum atomic E-state index is 11.8. The topological polar surface area (TPSA) is 81.3 Å². The van der Waals surface area contributed by atoms with Crippen LogP contribution in [0.2, 0.25) is 0 Å². The number of urea groups is 1. The minimum atomic E-state index is -1.22. The molecule has 1 fully saturated rings. The van der Waals surface area contributed by atoms with Crippen LogP contribution in [-0.4, -0.2) is 24.1 Å². The lowest BCUT2D eigenvalue weighted by molar-refractivity contribution is -0.308. The highest BCUT2D eigenvalue weighted by atomic mass is 16.4. The smallest absolute Gasteiger partial charge is 0.315 e. The van der Waals surface area contributed by atoms with Crippen molar-refractivity contribution < 1.29 is 14.7 Å². The number of nitrogens with one attached hydrogen (secondary N) is 2. The molecule has 0 aromatic carbocycles. The van der Waals surface area contributed by atoms with Gasteiger partial charge in [0.15, 0.2) is 0 Å². The number of carboxylic acid groups (broad SMARTS) is 1. The number of carboxylic acids is 1. The van der Waals surface area contributed by atoms with Crippen molar-refractivity contribution in [2.45, 2.75) is 65.0 Å². The minimum Gasteiger partial charge on any atom is -0.548 e. The summed E-state index contributed by atoms with van der Waals surface area (Å²) in [6, 6.07) is -1.16. The van der Waals surface area contributed by atoms with Crippen molar-refractivity contribution >= 4 is 12.0 Å². The van der Waals surface area contributed by atoms with Crippen LogP contribution in [0.3, 0.4) is 0 Å². The van der Waals surface area contributed by atoms with Gasteiger partial charge in [0.2, 0.25) is 0 Å². The molecule has 0 unspecified atom stereocenters. The summed E-state index contributed by atoms with van der Waals surface area (Å²) >= 11 is 0. The summed E-state index contributed by atoms with van der Waals surface area (Å²) in [7, 11) is 0. The molecule has 0 heterocycles. The number of aliphatic carboxylic acids is 1. The largest absolute Gasteiger partial charge is 0.548 e. The summed E-state index contributed by atoms with van der Waals surface area (Å²) in [4.78, 5) is 22.8. The maximum absolute atomic E-state index is 11.8. The molecule has 0 saturated heterocycles. The average Bonchev–Trinajstić information content (AvgIpc) is 2.30. The Morgan fingerprint density at radius 2 is 1.89 bits per heavy atom. The van der Waals surface area contributed by atoms with Crippen LogP contribution in [0.4, 0.5) is 4.79 Å². The number of amides is 2. The molecule has 0 spiro atoms. The lowest BCUT2D eigenvalue weighted by Gasteiger charge is -2.30. The van der Waals surface area contributed by atoms with E-state index in [1.807, 2.05) is 13.8 Å². The number of hydrogen-bond acceptors (Lipinski definition) is 3. The summed E-state index contributed by atoms with van der Waals surface area (Å²) in [6.07, 6.45) is 4.78. The molecule has 0 aromatic rings. The van der Waals surface area contributed by atoms with Gasteiger partial charge in [-0.05, 0) is 31.1 Å². The lowest BCUT2D eigenvalue weighted by atomic mass is 9.86. The quantitative estimate of drug-likeness (QED) is 0.782. The Kier molecular flexibility index (Phi) is 6.12. The van der Waals surface area contributed by atoms with Gasteiger partial charge in [-0.1, -0.05) is 33.6 Å². The van der Waals surface area contributed by atoms with E-state index in [4.69, 9.17) is 0 Å². The molecular formula is C14H25N2O3-. The van der Waals surface area contributed by atoms with E-state index in [2.05, 4.69) is 17.6 Å². The summed E-state index contributed by atoms with van der Waals surface area (Å²) in [5.74, 6) is -0.580. The molecule has 1 aliphatic carbocycles. The molecule has 2 N–H and O–H groups in total. The third kappa shape index (κ3) is 5.49. The van der Waals surface area contributed by atoms with Crippen LogP contribution >= 0.6 is 0 Å². The van der Waals surface area contributed by atoms with E-state index in [9.17, 15) is 14.7 Å². The predicted molar refractivity (Wildman–Crippen MR) is 71.3 cm³/mol. The van der Waals surface area contributed by atoms with E-state index >= 15 is 0 Å². The van der Waals surface area contributed by atoms with Crippen molar-refractivity contribution in [2.75, 3.05) is 0 Å². The summed E-state index contributed by atoms with van der Waals surface area (Å²) in [5.41, 5.74) is 0. The second kappa shape index (κ2) is 7.36. The number of rotatable bonds is 5. The van der Waals surface area contributed by atoms with Crippen LogP contribution in [0, 0.1) is 11.8 Å². The normalized spacial score (nSPS) is 24.8. The van der Waals surface area contributed by atoms with Gasteiger partial charge in [-0.15, -0.1) is 0 Å². The Labute approximate surface area is 115 Å². The molecule has 0 bridgehead atoms. The summed E-state index contributed by atoms with van der Waals surface area (Å²) in [6.45, 7) is 5.95. The molecule has 3 atom stereocenters. The van der Waals surface area contributed by atoms with Crippen molar-refractivity contribution in [2.24, 2.45) is 11.8 Å². The van der Waals surface area contributed by atoms with Crippen LogP contribution in [0.25, 0.3) is 0 Å². The highest BCUT2D eigenvalue weighted by Crippen LogP contribution is 2.23. The van der Waals surface area contributed by atoms with E-state index in [1.165, 1.54) is 6.42 Å². The van der Waals surface area contributed by atoms with Crippen molar-refractivity contribution in [3.05, 3.63) is 0 Å². The standard InChI is InChI=1S/C14H26N2O3/c1-9(2)8-12(13(17)18)16-14(19)15-11-7-5-4-6-10(11)3/h9-12H,4-8H2,1-3H3,(H,17,18)(H2,15,16,19)/p-1/t10-,11-,12+/m1/s1. The molecule has 5 nitrogen and oxygen atoms in total.